The number of rotatable bonds is 11. The second kappa shape index (κ2) is 11.6. The van der Waals surface area contributed by atoms with Crippen LogP contribution < -0.4 is 15.0 Å². The molecule has 1 saturated heterocycles. The van der Waals surface area contributed by atoms with Crippen molar-refractivity contribution in [2.24, 2.45) is 0 Å². The first-order valence-corrected chi connectivity index (χ1v) is 11.6. The van der Waals surface area contributed by atoms with Crippen LogP contribution in [0.25, 0.3) is 0 Å². The number of hydrogen-bond donors (Lipinski definition) is 1. The molecule has 32 heavy (non-hydrogen) atoms. The third-order valence-corrected chi connectivity index (χ3v) is 6.01. The van der Waals surface area contributed by atoms with Crippen molar-refractivity contribution in [1.82, 2.24) is 4.90 Å². The van der Waals surface area contributed by atoms with Gasteiger partial charge in [-0.15, -0.1) is 0 Å². The van der Waals surface area contributed by atoms with Crippen molar-refractivity contribution in [1.29, 1.82) is 0 Å². The molecule has 0 aromatic heterocycles. The molecule has 7 heteroatoms. The van der Waals surface area contributed by atoms with Crippen molar-refractivity contribution in [2.75, 3.05) is 23.9 Å². The Labute approximate surface area is 195 Å². The summed E-state index contributed by atoms with van der Waals surface area (Å²) in [6.45, 7) is 2.84. The van der Waals surface area contributed by atoms with Gasteiger partial charge in [-0.05, 0) is 55.0 Å². The molecule has 0 spiro atoms. The number of hydrogen-bond acceptors (Lipinski definition) is 4. The number of unbranched alkanes of at least 4 members (excludes halogenated alkanes) is 4. The maximum Gasteiger partial charge on any atom is 0.256 e. The van der Waals surface area contributed by atoms with Gasteiger partial charge in [0, 0.05) is 12.2 Å². The number of para-hydroxylation sites is 1. The third-order valence-electron chi connectivity index (χ3n) is 5.59. The zero-order valence-electron chi connectivity index (χ0n) is 18.8. The van der Waals surface area contributed by atoms with E-state index in [0.29, 0.717) is 28.8 Å². The van der Waals surface area contributed by atoms with Gasteiger partial charge in [0.2, 0.25) is 5.91 Å². The van der Waals surface area contributed by atoms with E-state index in [1.165, 1.54) is 12.8 Å². The summed E-state index contributed by atoms with van der Waals surface area (Å²) in [4.78, 5) is 29.6. The van der Waals surface area contributed by atoms with Crippen LogP contribution in [0.1, 0.15) is 45.4 Å². The Hall–Kier alpha value is -2.93. The SMILES string of the molecule is CCCCCCCN1C(=S)N(c2ccc(OC)cc2)C(=O)C1CC(=O)Nc1ccccc1. The number of amides is 2. The number of thiocarbonyl (C=S) groups is 1. The van der Waals surface area contributed by atoms with Crippen molar-refractivity contribution in [2.45, 2.75) is 51.5 Å². The molecule has 0 radical (unpaired) electrons. The first kappa shape index (κ1) is 23.7. The minimum Gasteiger partial charge on any atom is -0.497 e. The number of methoxy groups -OCH3 is 1. The molecule has 170 valence electrons. The summed E-state index contributed by atoms with van der Waals surface area (Å²) in [6.07, 6.45) is 5.59. The molecule has 1 unspecified atom stereocenters. The largest absolute Gasteiger partial charge is 0.497 e. The lowest BCUT2D eigenvalue weighted by Gasteiger charge is -2.24. The van der Waals surface area contributed by atoms with Gasteiger partial charge in [-0.2, -0.15) is 0 Å². The van der Waals surface area contributed by atoms with E-state index in [1.807, 2.05) is 47.4 Å². The first-order valence-electron chi connectivity index (χ1n) is 11.2. The van der Waals surface area contributed by atoms with Crippen LogP contribution in [-0.2, 0) is 9.59 Å². The molecular weight excluding hydrogens is 422 g/mol. The minimum atomic E-state index is -0.612. The Morgan fingerprint density at radius 1 is 1.03 bits per heavy atom. The Bertz CT molecular complexity index is 918. The van der Waals surface area contributed by atoms with Crippen molar-refractivity contribution in [3.8, 4) is 5.75 Å². The van der Waals surface area contributed by atoms with E-state index in [4.69, 9.17) is 17.0 Å². The second-order valence-electron chi connectivity index (χ2n) is 7.90. The number of ether oxygens (including phenoxy) is 1. The molecule has 0 saturated carbocycles. The van der Waals surface area contributed by atoms with E-state index in [-0.39, 0.29) is 18.2 Å². The third kappa shape index (κ3) is 5.85. The van der Waals surface area contributed by atoms with Crippen LogP contribution in [-0.4, -0.2) is 41.5 Å². The number of carbonyl (C=O) groups is 2. The molecular formula is C25H31N3O3S. The van der Waals surface area contributed by atoms with E-state index in [2.05, 4.69) is 12.2 Å². The molecule has 1 aliphatic heterocycles. The Balaban J connectivity index is 1.75. The van der Waals surface area contributed by atoms with Crippen molar-refractivity contribution >= 4 is 40.5 Å². The zero-order valence-corrected chi connectivity index (χ0v) is 19.6. The first-order chi connectivity index (χ1) is 15.5. The number of anilines is 2. The standard InChI is InChI=1S/C25H31N3O3S/c1-3-4-5-6-10-17-27-22(18-23(29)26-19-11-8-7-9-12-19)24(30)28(25(27)32)20-13-15-21(31-2)16-14-20/h7-9,11-16,22H,3-6,10,17-18H2,1-2H3,(H,26,29). The second-order valence-corrected chi connectivity index (χ2v) is 8.26. The highest BCUT2D eigenvalue weighted by atomic mass is 32.1. The molecule has 1 atom stereocenters. The van der Waals surface area contributed by atoms with Gasteiger partial charge in [0.1, 0.15) is 11.8 Å². The van der Waals surface area contributed by atoms with Crippen molar-refractivity contribution < 1.29 is 14.3 Å². The molecule has 1 heterocycles. The Morgan fingerprint density at radius 2 is 1.72 bits per heavy atom. The van der Waals surface area contributed by atoms with Gasteiger partial charge in [0.25, 0.3) is 5.91 Å². The van der Waals surface area contributed by atoms with Gasteiger partial charge in [0.15, 0.2) is 5.11 Å². The lowest BCUT2D eigenvalue weighted by Crippen LogP contribution is -2.38. The average molecular weight is 454 g/mol. The Kier molecular flexibility index (Phi) is 8.62. The highest BCUT2D eigenvalue weighted by Crippen LogP contribution is 2.29. The van der Waals surface area contributed by atoms with Gasteiger partial charge in [-0.25, -0.2) is 0 Å². The highest BCUT2D eigenvalue weighted by molar-refractivity contribution is 7.80. The zero-order chi connectivity index (χ0) is 22.9. The number of carbonyl (C=O) groups excluding carboxylic acids is 2. The van der Waals surface area contributed by atoms with Crippen LogP contribution in [0.5, 0.6) is 5.75 Å². The van der Waals surface area contributed by atoms with Crippen molar-refractivity contribution in [3.63, 3.8) is 0 Å². The summed E-state index contributed by atoms with van der Waals surface area (Å²) < 4.78 is 5.22. The van der Waals surface area contributed by atoms with Crippen LogP contribution >= 0.6 is 12.2 Å². The van der Waals surface area contributed by atoms with Crippen LogP contribution in [0.4, 0.5) is 11.4 Å². The smallest absolute Gasteiger partial charge is 0.256 e. The summed E-state index contributed by atoms with van der Waals surface area (Å²) in [5.41, 5.74) is 1.39. The van der Waals surface area contributed by atoms with E-state index in [9.17, 15) is 9.59 Å². The van der Waals surface area contributed by atoms with Crippen LogP contribution in [0.3, 0.4) is 0 Å². The van der Waals surface area contributed by atoms with Crippen molar-refractivity contribution in [3.05, 3.63) is 54.6 Å². The molecule has 0 aliphatic carbocycles. The maximum absolute atomic E-state index is 13.4. The van der Waals surface area contributed by atoms with Gasteiger partial charge in [-0.1, -0.05) is 50.8 Å². The number of benzene rings is 2. The topological polar surface area (TPSA) is 61.9 Å². The molecule has 0 bridgehead atoms. The average Bonchev–Trinajstić information content (AvgIpc) is 3.03. The predicted molar refractivity (Wildman–Crippen MR) is 132 cm³/mol. The van der Waals surface area contributed by atoms with Crippen LogP contribution in [0.2, 0.25) is 0 Å². The summed E-state index contributed by atoms with van der Waals surface area (Å²) in [6, 6.07) is 15.9. The molecule has 1 aliphatic rings. The fourth-order valence-electron chi connectivity index (χ4n) is 3.85. The normalized spacial score (nSPS) is 15.9. The number of nitrogens with one attached hydrogen (secondary N) is 1. The van der Waals surface area contributed by atoms with Gasteiger partial charge < -0.3 is 15.0 Å². The molecule has 2 amide bonds. The summed E-state index contributed by atoms with van der Waals surface area (Å²) >= 11 is 5.71. The molecule has 2 aromatic carbocycles. The Morgan fingerprint density at radius 3 is 2.38 bits per heavy atom. The van der Waals surface area contributed by atoms with Crippen LogP contribution in [0.15, 0.2) is 54.6 Å². The lowest BCUT2D eigenvalue weighted by molar-refractivity contribution is -0.124. The summed E-state index contributed by atoms with van der Waals surface area (Å²) in [7, 11) is 1.60. The van der Waals surface area contributed by atoms with E-state index < -0.39 is 6.04 Å². The van der Waals surface area contributed by atoms with Crippen LogP contribution in [0, 0.1) is 0 Å². The number of nitrogens with zero attached hydrogens (tertiary/aromatic N) is 2. The molecule has 1 N–H and O–H groups in total. The van der Waals surface area contributed by atoms with Gasteiger partial charge in [-0.3, -0.25) is 14.5 Å². The minimum absolute atomic E-state index is 0.0511. The lowest BCUT2D eigenvalue weighted by atomic mass is 10.1. The molecule has 2 aromatic rings. The van der Waals surface area contributed by atoms with E-state index in [1.54, 1.807) is 24.1 Å². The highest BCUT2D eigenvalue weighted by Gasteiger charge is 2.43. The summed E-state index contributed by atoms with van der Waals surface area (Å²) in [5.74, 6) is 0.333. The molecule has 1 fully saturated rings. The fourth-order valence-corrected chi connectivity index (χ4v) is 4.27. The molecule has 3 rings (SSSR count). The van der Waals surface area contributed by atoms with E-state index in [0.717, 1.165) is 19.3 Å². The predicted octanol–water partition coefficient (Wildman–Crippen LogP) is 5.00. The van der Waals surface area contributed by atoms with Gasteiger partial charge in [0.05, 0.1) is 19.2 Å². The monoisotopic (exact) mass is 453 g/mol. The molecule has 6 nitrogen and oxygen atoms in total. The van der Waals surface area contributed by atoms with Gasteiger partial charge >= 0.3 is 0 Å². The quantitative estimate of drug-likeness (QED) is 0.383. The maximum atomic E-state index is 13.4. The van der Waals surface area contributed by atoms with E-state index >= 15 is 0 Å². The summed E-state index contributed by atoms with van der Waals surface area (Å²) in [5, 5.41) is 3.33. The fraction of sp³-hybridized carbons (Fsp3) is 0.400.